The molecule has 1 saturated heterocycles. The maximum Gasteiger partial charge on any atom is 0.416 e. The Morgan fingerprint density at radius 2 is 2.09 bits per heavy atom. The van der Waals surface area contributed by atoms with Crippen molar-refractivity contribution in [2.75, 3.05) is 17.2 Å². The molecule has 1 amide bonds. The molecule has 3 nitrogen and oxygen atoms in total. The van der Waals surface area contributed by atoms with Crippen LogP contribution in [0, 0.1) is 11.7 Å². The average Bonchev–Trinajstić information content (AvgIpc) is 2.77. The molecule has 1 aromatic carbocycles. The maximum atomic E-state index is 13.8. The fraction of sp³-hybridized carbons (Fsp3) is 0.429. The van der Waals surface area contributed by atoms with E-state index in [4.69, 9.17) is 0 Å². The lowest BCUT2D eigenvalue weighted by molar-refractivity contribution is -0.137. The van der Waals surface area contributed by atoms with E-state index < -0.39 is 23.5 Å². The monoisotopic (exact) mass is 335 g/mol. The number of thioether (sulfide) groups is 1. The van der Waals surface area contributed by atoms with Crippen molar-refractivity contribution in [3.8, 4) is 0 Å². The zero-order valence-electron chi connectivity index (χ0n) is 11.6. The van der Waals surface area contributed by atoms with Crippen LogP contribution in [0.5, 0.6) is 0 Å². The Morgan fingerprint density at radius 1 is 1.41 bits per heavy atom. The van der Waals surface area contributed by atoms with Crippen LogP contribution in [0.4, 0.5) is 23.2 Å². The molecule has 0 radical (unpaired) electrons. The topological polar surface area (TPSA) is 37.4 Å². The number of hydrogen-bond acceptors (Lipinski definition) is 3. The van der Waals surface area contributed by atoms with E-state index in [1.807, 2.05) is 0 Å². The van der Waals surface area contributed by atoms with E-state index >= 15 is 0 Å². The van der Waals surface area contributed by atoms with Gasteiger partial charge in [-0.15, -0.1) is 0 Å². The highest BCUT2D eigenvalue weighted by Crippen LogP contribution is 2.35. The van der Waals surface area contributed by atoms with Gasteiger partial charge in [-0.25, -0.2) is 4.39 Å². The number of benzene rings is 1. The molecule has 2 rings (SSSR count). The number of carbonyl (C=O) groups is 2. The summed E-state index contributed by atoms with van der Waals surface area (Å²) in [5, 5.41) is -0.101. The third-order valence-electron chi connectivity index (χ3n) is 3.29. The second-order valence-electron chi connectivity index (χ2n) is 5.04. The van der Waals surface area contributed by atoms with Gasteiger partial charge in [-0.05, 0) is 24.1 Å². The van der Waals surface area contributed by atoms with Crippen molar-refractivity contribution >= 4 is 28.5 Å². The largest absolute Gasteiger partial charge is 0.416 e. The first-order valence-corrected chi connectivity index (χ1v) is 7.47. The zero-order chi connectivity index (χ0) is 16.5. The summed E-state index contributed by atoms with van der Waals surface area (Å²) in [5.41, 5.74) is -1.37. The predicted octanol–water partition coefficient (Wildman–Crippen LogP) is 3.48. The second kappa shape index (κ2) is 6.28. The number of rotatable bonds is 3. The molecular formula is C14H13F4NO2S. The zero-order valence-corrected chi connectivity index (χ0v) is 12.4. The highest BCUT2D eigenvalue weighted by atomic mass is 32.2. The smallest absolute Gasteiger partial charge is 0.309 e. The van der Waals surface area contributed by atoms with E-state index in [9.17, 15) is 27.2 Å². The summed E-state index contributed by atoms with van der Waals surface area (Å²) in [6.07, 6.45) is -4.51. The predicted molar refractivity (Wildman–Crippen MR) is 75.0 cm³/mol. The van der Waals surface area contributed by atoms with Crippen molar-refractivity contribution in [2.45, 2.75) is 19.5 Å². The number of amides is 1. The minimum Gasteiger partial charge on any atom is -0.309 e. The summed E-state index contributed by atoms with van der Waals surface area (Å²) in [5.74, 6) is -1.11. The molecule has 1 fully saturated rings. The molecule has 0 saturated carbocycles. The van der Waals surface area contributed by atoms with E-state index in [1.165, 1.54) is 6.92 Å². The molecule has 8 heteroatoms. The fourth-order valence-corrected chi connectivity index (χ4v) is 2.95. The van der Waals surface area contributed by atoms with Crippen molar-refractivity contribution in [3.05, 3.63) is 29.6 Å². The molecule has 120 valence electrons. The Hall–Kier alpha value is -1.57. The normalized spacial score (nSPS) is 18.9. The third kappa shape index (κ3) is 3.79. The summed E-state index contributed by atoms with van der Waals surface area (Å²) < 4.78 is 51.9. The Bertz CT molecular complexity index is 603. The van der Waals surface area contributed by atoms with Crippen LogP contribution in [0.1, 0.15) is 18.9 Å². The van der Waals surface area contributed by atoms with Crippen molar-refractivity contribution in [3.63, 3.8) is 0 Å². The molecular weight excluding hydrogens is 322 g/mol. The Balaban J connectivity index is 2.21. The van der Waals surface area contributed by atoms with Gasteiger partial charge < -0.3 is 4.90 Å². The van der Waals surface area contributed by atoms with E-state index in [0.717, 1.165) is 16.7 Å². The summed E-state index contributed by atoms with van der Waals surface area (Å²) in [6, 6.07) is 2.00. The summed E-state index contributed by atoms with van der Waals surface area (Å²) in [6.45, 7) is 1.50. The number of alkyl halides is 3. The molecule has 22 heavy (non-hydrogen) atoms. The molecule has 0 spiro atoms. The van der Waals surface area contributed by atoms with Crippen LogP contribution in [0.15, 0.2) is 18.2 Å². The van der Waals surface area contributed by atoms with Gasteiger partial charge in [0.25, 0.3) is 0 Å². The first-order valence-electron chi connectivity index (χ1n) is 6.49. The third-order valence-corrected chi connectivity index (χ3v) is 4.34. The lowest BCUT2D eigenvalue weighted by atomic mass is 10.1. The standard InChI is InChI=1S/C14H13F4NO2S/c1-8(20)22-7-9-4-13(21)19(6-9)12-5-10(14(16,17)18)2-3-11(12)15/h2-3,5,9H,4,6-7H2,1H3. The summed E-state index contributed by atoms with van der Waals surface area (Å²) in [7, 11) is 0. The van der Waals surface area contributed by atoms with Crippen molar-refractivity contribution in [2.24, 2.45) is 5.92 Å². The molecule has 1 aliphatic heterocycles. The molecule has 1 heterocycles. The number of nitrogens with zero attached hydrogens (tertiary/aromatic N) is 1. The molecule has 1 atom stereocenters. The van der Waals surface area contributed by atoms with Crippen LogP contribution in [0.3, 0.4) is 0 Å². The van der Waals surface area contributed by atoms with Gasteiger partial charge in [-0.3, -0.25) is 9.59 Å². The minimum atomic E-state index is -4.60. The van der Waals surface area contributed by atoms with Crippen LogP contribution >= 0.6 is 11.8 Å². The van der Waals surface area contributed by atoms with Gasteiger partial charge in [0.05, 0.1) is 11.3 Å². The highest BCUT2D eigenvalue weighted by Gasteiger charge is 2.35. The lowest BCUT2D eigenvalue weighted by Gasteiger charge is -2.19. The minimum absolute atomic E-state index is 0.0932. The van der Waals surface area contributed by atoms with Crippen molar-refractivity contribution in [1.82, 2.24) is 0 Å². The van der Waals surface area contributed by atoms with Crippen LogP contribution in [-0.2, 0) is 15.8 Å². The molecule has 1 unspecified atom stereocenters. The van der Waals surface area contributed by atoms with Crippen LogP contribution < -0.4 is 4.90 Å². The van der Waals surface area contributed by atoms with Gasteiger partial charge in [0.15, 0.2) is 5.12 Å². The van der Waals surface area contributed by atoms with E-state index in [-0.39, 0.29) is 29.7 Å². The van der Waals surface area contributed by atoms with Crippen LogP contribution in [0.2, 0.25) is 0 Å². The molecule has 1 aromatic rings. The van der Waals surface area contributed by atoms with Gasteiger partial charge in [0, 0.05) is 25.6 Å². The molecule has 0 aromatic heterocycles. The second-order valence-corrected chi connectivity index (χ2v) is 6.24. The Kier molecular flexibility index (Phi) is 4.79. The van der Waals surface area contributed by atoms with Crippen LogP contribution in [0.25, 0.3) is 0 Å². The molecule has 1 aliphatic rings. The number of anilines is 1. The Morgan fingerprint density at radius 3 is 2.68 bits per heavy atom. The fourth-order valence-electron chi connectivity index (χ4n) is 2.26. The van der Waals surface area contributed by atoms with E-state index in [0.29, 0.717) is 24.0 Å². The van der Waals surface area contributed by atoms with Crippen molar-refractivity contribution in [1.29, 1.82) is 0 Å². The summed E-state index contributed by atoms with van der Waals surface area (Å²) >= 11 is 1.05. The molecule has 0 N–H and O–H groups in total. The highest BCUT2D eigenvalue weighted by molar-refractivity contribution is 8.13. The summed E-state index contributed by atoms with van der Waals surface area (Å²) in [4.78, 5) is 23.9. The van der Waals surface area contributed by atoms with E-state index in [1.54, 1.807) is 0 Å². The first-order chi connectivity index (χ1) is 10.2. The van der Waals surface area contributed by atoms with Gasteiger partial charge in [-0.2, -0.15) is 13.2 Å². The van der Waals surface area contributed by atoms with Crippen molar-refractivity contribution < 1.29 is 27.2 Å². The first kappa shape index (κ1) is 16.8. The SMILES string of the molecule is CC(=O)SCC1CC(=O)N(c2cc(C(F)(F)F)ccc2F)C1. The number of hydrogen-bond donors (Lipinski definition) is 0. The average molecular weight is 335 g/mol. The molecule has 0 aliphatic carbocycles. The lowest BCUT2D eigenvalue weighted by Crippen LogP contribution is -2.26. The van der Waals surface area contributed by atoms with E-state index in [2.05, 4.69) is 0 Å². The van der Waals surface area contributed by atoms with Gasteiger partial charge >= 0.3 is 6.18 Å². The quantitative estimate of drug-likeness (QED) is 0.794. The number of carbonyl (C=O) groups excluding carboxylic acids is 2. The number of halogens is 4. The van der Waals surface area contributed by atoms with Gasteiger partial charge in [0.2, 0.25) is 5.91 Å². The van der Waals surface area contributed by atoms with Gasteiger partial charge in [0.1, 0.15) is 5.82 Å². The van der Waals surface area contributed by atoms with Gasteiger partial charge in [-0.1, -0.05) is 11.8 Å². The van der Waals surface area contributed by atoms with Crippen LogP contribution in [-0.4, -0.2) is 23.3 Å². The Labute approximate surface area is 128 Å². The molecule has 0 bridgehead atoms. The maximum absolute atomic E-state index is 13.8.